The maximum atomic E-state index is 13.6. The molecule has 2 aromatic rings. The molecule has 8 nitrogen and oxygen atoms in total. The second-order valence-electron chi connectivity index (χ2n) is 8.63. The van der Waals surface area contributed by atoms with Gasteiger partial charge in [-0.15, -0.1) is 0 Å². The van der Waals surface area contributed by atoms with Gasteiger partial charge in [0.15, 0.2) is 5.54 Å². The van der Waals surface area contributed by atoms with Gasteiger partial charge in [-0.05, 0) is 63.6 Å². The predicted molar refractivity (Wildman–Crippen MR) is 124 cm³/mol. The van der Waals surface area contributed by atoms with Crippen molar-refractivity contribution in [3.8, 4) is 0 Å². The lowest BCUT2D eigenvalue weighted by Crippen LogP contribution is -2.55. The number of ether oxygens (including phenoxy) is 1. The molecule has 0 aliphatic carbocycles. The van der Waals surface area contributed by atoms with E-state index in [4.69, 9.17) is 10.5 Å². The third-order valence-electron chi connectivity index (χ3n) is 4.58. The Balaban J connectivity index is 2.45. The normalized spacial score (nSPS) is 13.1. The molecule has 1 aromatic heterocycles. The molecule has 0 saturated carbocycles. The fourth-order valence-electron chi connectivity index (χ4n) is 3.16. The number of nitrogens with two attached hydrogens (primary N) is 1. The average molecular weight is 428 g/mol. The van der Waals surface area contributed by atoms with Gasteiger partial charge in [0.2, 0.25) is 0 Å². The van der Waals surface area contributed by atoms with Crippen molar-refractivity contribution in [1.29, 1.82) is 0 Å². The van der Waals surface area contributed by atoms with Crippen LogP contribution in [0.3, 0.4) is 0 Å². The zero-order chi connectivity index (χ0) is 23.2. The van der Waals surface area contributed by atoms with Crippen LogP contribution < -0.4 is 21.3 Å². The van der Waals surface area contributed by atoms with E-state index in [1.165, 1.54) is 0 Å². The molecule has 2 amide bonds. The molecule has 1 heterocycles. The molecule has 31 heavy (non-hydrogen) atoms. The lowest BCUT2D eigenvalue weighted by atomic mass is 9.88. The number of carbonyl (C=O) groups excluding carboxylic acids is 2. The first kappa shape index (κ1) is 24.0. The lowest BCUT2D eigenvalue weighted by molar-refractivity contribution is -0.123. The summed E-state index contributed by atoms with van der Waals surface area (Å²) in [5.74, 6) is -0.164. The molecule has 8 heteroatoms. The molecule has 0 spiro atoms. The van der Waals surface area contributed by atoms with Crippen LogP contribution in [-0.4, -0.2) is 36.7 Å². The summed E-state index contributed by atoms with van der Waals surface area (Å²) in [6.45, 7) is 7.22. The largest absolute Gasteiger partial charge is 0.444 e. The number of nitrogens with one attached hydrogen (secondary N) is 2. The number of amides is 2. The van der Waals surface area contributed by atoms with Crippen molar-refractivity contribution in [2.75, 3.05) is 30.0 Å². The van der Waals surface area contributed by atoms with E-state index >= 15 is 0 Å². The smallest absolute Gasteiger partial charge is 0.408 e. The van der Waals surface area contributed by atoms with Crippen molar-refractivity contribution in [2.24, 2.45) is 0 Å². The average Bonchev–Trinajstić information content (AvgIpc) is 2.66. The van der Waals surface area contributed by atoms with Gasteiger partial charge in [0.25, 0.3) is 5.91 Å². The summed E-state index contributed by atoms with van der Waals surface area (Å²) in [6.07, 6.45) is 0.215. The molecule has 0 saturated heterocycles. The molecule has 1 unspecified atom stereocenters. The van der Waals surface area contributed by atoms with E-state index < -0.39 is 23.1 Å². The fourth-order valence-corrected chi connectivity index (χ4v) is 3.16. The highest BCUT2D eigenvalue weighted by atomic mass is 16.6. The number of pyridine rings is 1. The number of hydrogen-bond acceptors (Lipinski definition) is 6. The van der Waals surface area contributed by atoms with E-state index in [-0.39, 0.29) is 5.82 Å². The van der Waals surface area contributed by atoms with Gasteiger partial charge < -0.3 is 26.0 Å². The van der Waals surface area contributed by atoms with Gasteiger partial charge in [-0.3, -0.25) is 4.79 Å². The minimum atomic E-state index is -1.45. The maximum absolute atomic E-state index is 13.6. The topological polar surface area (TPSA) is 110 Å². The highest BCUT2D eigenvalue weighted by molar-refractivity contribution is 6.00. The van der Waals surface area contributed by atoms with Crippen LogP contribution in [0.2, 0.25) is 0 Å². The summed E-state index contributed by atoms with van der Waals surface area (Å²) < 4.78 is 5.44. The molecule has 0 bridgehead atoms. The van der Waals surface area contributed by atoms with Crippen molar-refractivity contribution in [3.05, 3.63) is 48.2 Å². The zero-order valence-electron chi connectivity index (χ0n) is 19.2. The van der Waals surface area contributed by atoms with Gasteiger partial charge in [0.05, 0.1) is 5.69 Å². The summed E-state index contributed by atoms with van der Waals surface area (Å²) in [7, 11) is 3.88. The van der Waals surface area contributed by atoms with Gasteiger partial charge >= 0.3 is 6.09 Å². The van der Waals surface area contributed by atoms with Crippen molar-refractivity contribution >= 4 is 29.2 Å². The third-order valence-corrected chi connectivity index (χ3v) is 4.58. The first-order valence-electron chi connectivity index (χ1n) is 10.3. The van der Waals surface area contributed by atoms with Crippen molar-refractivity contribution in [1.82, 2.24) is 10.3 Å². The van der Waals surface area contributed by atoms with Crippen LogP contribution >= 0.6 is 0 Å². The van der Waals surface area contributed by atoms with E-state index in [9.17, 15) is 9.59 Å². The molecule has 0 radical (unpaired) electrons. The monoisotopic (exact) mass is 427 g/mol. The van der Waals surface area contributed by atoms with Crippen LogP contribution in [0.25, 0.3) is 0 Å². The molecule has 0 aliphatic heterocycles. The minimum Gasteiger partial charge on any atom is -0.444 e. The predicted octanol–water partition coefficient (Wildman–Crippen LogP) is 3.89. The Morgan fingerprint density at radius 1 is 1.10 bits per heavy atom. The zero-order valence-corrected chi connectivity index (χ0v) is 19.2. The number of alkyl carbamates (subject to hydrolysis) is 1. The van der Waals surface area contributed by atoms with Gasteiger partial charge in [-0.25, -0.2) is 9.78 Å². The van der Waals surface area contributed by atoms with Crippen LogP contribution in [0, 0.1) is 0 Å². The van der Waals surface area contributed by atoms with E-state index in [2.05, 4.69) is 15.6 Å². The first-order chi connectivity index (χ1) is 14.5. The molecule has 168 valence electrons. The Bertz CT molecular complexity index is 906. The summed E-state index contributed by atoms with van der Waals surface area (Å²) in [6, 6.07) is 12.4. The number of nitrogens with zero attached hydrogens (tertiary/aromatic N) is 2. The van der Waals surface area contributed by atoms with Crippen LogP contribution in [-0.2, 0) is 15.1 Å². The second kappa shape index (κ2) is 9.68. The third kappa shape index (κ3) is 6.34. The molecule has 0 fully saturated rings. The van der Waals surface area contributed by atoms with Gasteiger partial charge in [-0.1, -0.05) is 19.4 Å². The van der Waals surface area contributed by atoms with E-state index in [0.29, 0.717) is 24.2 Å². The fraction of sp³-hybridized carbons (Fsp3) is 0.435. The summed E-state index contributed by atoms with van der Waals surface area (Å²) in [4.78, 5) is 32.6. The van der Waals surface area contributed by atoms with Crippen molar-refractivity contribution in [2.45, 2.75) is 51.7 Å². The molecule has 2 rings (SSSR count). The van der Waals surface area contributed by atoms with Gasteiger partial charge in [0.1, 0.15) is 11.4 Å². The molecular formula is C23H33N5O3. The number of anilines is 3. The standard InChI is InChI=1S/C23H33N5O3/c1-7-15-23(18-9-8-10-19(24)26-18,27-21(30)31-22(2,3)4)20(29)25-16-11-13-17(14-12-16)28(5)6/h8-14H,7,15H2,1-6H3,(H2,24,26)(H,25,29)(H,27,30). The van der Waals surface area contributed by atoms with E-state index in [1.54, 1.807) is 39.0 Å². The van der Waals surface area contributed by atoms with Crippen LogP contribution in [0.1, 0.15) is 46.2 Å². The second-order valence-corrected chi connectivity index (χ2v) is 8.63. The maximum Gasteiger partial charge on any atom is 0.408 e. The highest BCUT2D eigenvalue weighted by Gasteiger charge is 2.43. The summed E-state index contributed by atoms with van der Waals surface area (Å²) >= 11 is 0. The van der Waals surface area contributed by atoms with Crippen molar-refractivity contribution < 1.29 is 14.3 Å². The SMILES string of the molecule is CCCC(NC(=O)OC(C)(C)C)(C(=O)Nc1ccc(N(C)C)cc1)c1cccc(N)n1. The van der Waals surface area contributed by atoms with Crippen molar-refractivity contribution in [3.63, 3.8) is 0 Å². The first-order valence-corrected chi connectivity index (χ1v) is 10.3. The van der Waals surface area contributed by atoms with Gasteiger partial charge in [0, 0.05) is 25.5 Å². The Kier molecular flexibility index (Phi) is 7.49. The number of hydrogen-bond donors (Lipinski definition) is 3. The highest BCUT2D eigenvalue weighted by Crippen LogP contribution is 2.29. The molecule has 0 aliphatic rings. The van der Waals surface area contributed by atoms with Gasteiger partial charge in [-0.2, -0.15) is 0 Å². The number of rotatable bonds is 7. The molecule has 1 aromatic carbocycles. The number of benzene rings is 1. The Hall–Kier alpha value is -3.29. The Morgan fingerprint density at radius 3 is 2.26 bits per heavy atom. The molecular weight excluding hydrogens is 394 g/mol. The Labute approximate surface area is 184 Å². The quantitative estimate of drug-likeness (QED) is 0.618. The van der Waals surface area contributed by atoms with Crippen LogP contribution in [0.5, 0.6) is 0 Å². The summed E-state index contributed by atoms with van der Waals surface area (Å²) in [5, 5.41) is 5.69. The van der Waals surface area contributed by atoms with E-state index in [1.807, 2.05) is 50.2 Å². The van der Waals surface area contributed by atoms with Crippen LogP contribution in [0.4, 0.5) is 22.0 Å². The van der Waals surface area contributed by atoms with E-state index in [0.717, 1.165) is 5.69 Å². The molecule has 4 N–H and O–H groups in total. The lowest BCUT2D eigenvalue weighted by Gasteiger charge is -2.34. The number of carbonyl (C=O) groups is 2. The Morgan fingerprint density at radius 2 is 1.74 bits per heavy atom. The molecule has 1 atom stereocenters. The minimum absolute atomic E-state index is 0.257. The number of nitrogen functional groups attached to an aromatic ring is 1. The van der Waals surface area contributed by atoms with Crippen LogP contribution in [0.15, 0.2) is 42.5 Å². The summed E-state index contributed by atoms with van der Waals surface area (Å²) in [5.41, 5.74) is 5.67. The number of aromatic nitrogens is 1.